The average Bonchev–Trinajstić information content (AvgIpc) is 3.04. The van der Waals surface area contributed by atoms with E-state index in [9.17, 15) is 4.79 Å². The van der Waals surface area contributed by atoms with Gasteiger partial charge in [-0.15, -0.1) is 24.0 Å². The fourth-order valence-corrected chi connectivity index (χ4v) is 3.63. The lowest BCUT2D eigenvalue weighted by molar-refractivity contribution is -0.113. The zero-order valence-electron chi connectivity index (χ0n) is 10.1. The van der Waals surface area contributed by atoms with Crippen LogP contribution in [0.3, 0.4) is 0 Å². The predicted octanol–water partition coefficient (Wildman–Crippen LogP) is 4.82. The van der Waals surface area contributed by atoms with Crippen LogP contribution in [0.4, 0.5) is 0 Å². The molecule has 0 aliphatic carbocycles. The standard InChI is InChI=1S/C9H12OS3.C4H4S/c1-7(9(10)11)5-12-6-8-3-2-4-13-8;1-2-4-5-3-1/h2-4,7H,5-6H2,1H3,(H,10,11);1-4H. The second-order valence-corrected chi connectivity index (χ2v) is 6.95. The van der Waals surface area contributed by atoms with Crippen molar-refractivity contribution < 1.29 is 4.79 Å². The van der Waals surface area contributed by atoms with E-state index in [1.165, 1.54) is 4.88 Å². The number of hydrogen-bond acceptors (Lipinski definition) is 4. The molecule has 0 spiro atoms. The van der Waals surface area contributed by atoms with E-state index in [-0.39, 0.29) is 11.0 Å². The van der Waals surface area contributed by atoms with E-state index in [2.05, 4.69) is 24.1 Å². The number of carbonyl (C=O) groups excluding carboxylic acids is 1. The van der Waals surface area contributed by atoms with Crippen LogP contribution in [-0.4, -0.2) is 10.9 Å². The molecule has 1 unspecified atom stereocenters. The van der Waals surface area contributed by atoms with E-state index in [1.54, 1.807) is 34.4 Å². The zero-order chi connectivity index (χ0) is 13.2. The van der Waals surface area contributed by atoms with Crippen LogP contribution in [0.5, 0.6) is 0 Å². The summed E-state index contributed by atoms with van der Waals surface area (Å²) in [6.45, 7) is 1.91. The molecule has 0 saturated carbocycles. The molecule has 0 aromatic carbocycles. The van der Waals surface area contributed by atoms with E-state index < -0.39 is 0 Å². The number of rotatable bonds is 5. The molecule has 2 rings (SSSR count). The topological polar surface area (TPSA) is 17.1 Å². The van der Waals surface area contributed by atoms with Crippen molar-refractivity contribution in [2.24, 2.45) is 5.92 Å². The minimum atomic E-state index is -0.0151. The Morgan fingerprint density at radius 2 is 2.06 bits per heavy atom. The maximum atomic E-state index is 10.8. The van der Waals surface area contributed by atoms with Crippen molar-refractivity contribution in [2.45, 2.75) is 12.7 Å². The van der Waals surface area contributed by atoms with Crippen molar-refractivity contribution in [1.82, 2.24) is 0 Å². The number of thiol groups is 1. The van der Waals surface area contributed by atoms with E-state index in [4.69, 9.17) is 0 Å². The van der Waals surface area contributed by atoms with Gasteiger partial charge in [0.1, 0.15) is 0 Å². The molecule has 2 heterocycles. The van der Waals surface area contributed by atoms with Crippen molar-refractivity contribution in [1.29, 1.82) is 0 Å². The van der Waals surface area contributed by atoms with E-state index in [1.807, 2.05) is 35.9 Å². The Labute approximate surface area is 126 Å². The van der Waals surface area contributed by atoms with Gasteiger partial charge in [0, 0.05) is 22.3 Å². The van der Waals surface area contributed by atoms with Gasteiger partial charge in [-0.1, -0.05) is 25.1 Å². The van der Waals surface area contributed by atoms with Gasteiger partial charge in [0.15, 0.2) is 5.12 Å². The van der Waals surface area contributed by atoms with Crippen molar-refractivity contribution in [3.8, 4) is 0 Å². The average molecular weight is 317 g/mol. The van der Waals surface area contributed by atoms with E-state index >= 15 is 0 Å². The quantitative estimate of drug-likeness (QED) is 0.796. The molecule has 0 saturated heterocycles. The van der Waals surface area contributed by atoms with Crippen molar-refractivity contribution >= 4 is 52.2 Å². The first-order chi connectivity index (χ1) is 8.70. The van der Waals surface area contributed by atoms with E-state index in [0.29, 0.717) is 0 Å². The number of thioether (sulfide) groups is 1. The molecule has 2 aromatic rings. The highest BCUT2D eigenvalue weighted by molar-refractivity contribution is 7.99. The van der Waals surface area contributed by atoms with Crippen LogP contribution in [0, 0.1) is 5.92 Å². The normalized spacial score (nSPS) is 11.4. The molecule has 0 aliphatic rings. The summed E-state index contributed by atoms with van der Waals surface area (Å²) in [6, 6.07) is 8.20. The van der Waals surface area contributed by atoms with Crippen molar-refractivity contribution in [3.05, 3.63) is 45.3 Å². The predicted molar refractivity (Wildman–Crippen MR) is 88.0 cm³/mol. The van der Waals surface area contributed by atoms with Gasteiger partial charge in [-0.2, -0.15) is 23.1 Å². The highest BCUT2D eigenvalue weighted by Crippen LogP contribution is 2.19. The minimum absolute atomic E-state index is 0.0151. The van der Waals surface area contributed by atoms with Crippen LogP contribution >= 0.6 is 47.1 Å². The fraction of sp³-hybridized carbons (Fsp3) is 0.308. The van der Waals surface area contributed by atoms with Crippen LogP contribution in [0.2, 0.25) is 0 Å². The second-order valence-electron chi connectivity index (χ2n) is 3.63. The first-order valence-corrected chi connectivity index (χ1v) is 8.92. The van der Waals surface area contributed by atoms with Gasteiger partial charge in [-0.25, -0.2) is 0 Å². The Kier molecular flexibility index (Phi) is 8.50. The summed E-state index contributed by atoms with van der Waals surface area (Å²) in [6.07, 6.45) is 0. The van der Waals surface area contributed by atoms with Gasteiger partial charge in [0.2, 0.25) is 0 Å². The lowest BCUT2D eigenvalue weighted by Gasteiger charge is -2.04. The van der Waals surface area contributed by atoms with Crippen molar-refractivity contribution in [2.75, 3.05) is 5.75 Å². The van der Waals surface area contributed by atoms with Crippen LogP contribution < -0.4 is 0 Å². The number of thiophene rings is 2. The molecule has 98 valence electrons. The molecule has 0 fully saturated rings. The summed E-state index contributed by atoms with van der Waals surface area (Å²) in [5.74, 6) is 1.93. The third-order valence-electron chi connectivity index (χ3n) is 2.04. The summed E-state index contributed by atoms with van der Waals surface area (Å²) < 4.78 is 0. The lowest BCUT2D eigenvalue weighted by Crippen LogP contribution is -2.06. The first-order valence-electron chi connectivity index (χ1n) is 5.50. The SMILES string of the molecule is CC(CSCc1cccs1)C(=O)S.c1ccsc1. The van der Waals surface area contributed by atoms with Gasteiger partial charge in [-0.05, 0) is 22.2 Å². The molecule has 2 aromatic heterocycles. The molecule has 0 radical (unpaired) electrons. The molecular weight excluding hydrogens is 300 g/mol. The molecule has 1 nitrogen and oxygen atoms in total. The van der Waals surface area contributed by atoms with Crippen LogP contribution in [0.1, 0.15) is 11.8 Å². The number of carbonyl (C=O) groups is 1. The van der Waals surface area contributed by atoms with Gasteiger partial charge in [0.25, 0.3) is 0 Å². The highest BCUT2D eigenvalue weighted by atomic mass is 32.2. The highest BCUT2D eigenvalue weighted by Gasteiger charge is 2.08. The van der Waals surface area contributed by atoms with Crippen LogP contribution in [0.15, 0.2) is 40.4 Å². The third kappa shape index (κ3) is 7.26. The largest absolute Gasteiger partial charge is 0.287 e. The molecular formula is C13H16OS4. The zero-order valence-corrected chi connectivity index (χ0v) is 13.5. The first kappa shape index (κ1) is 15.8. The molecule has 18 heavy (non-hydrogen) atoms. The van der Waals surface area contributed by atoms with Crippen LogP contribution in [0.25, 0.3) is 0 Å². The Morgan fingerprint density at radius 1 is 1.33 bits per heavy atom. The molecule has 0 N–H and O–H groups in total. The smallest absolute Gasteiger partial charge is 0.189 e. The second kappa shape index (κ2) is 9.67. The minimum Gasteiger partial charge on any atom is -0.287 e. The monoisotopic (exact) mass is 316 g/mol. The summed E-state index contributed by atoms with van der Waals surface area (Å²) in [5.41, 5.74) is 0. The maximum Gasteiger partial charge on any atom is 0.189 e. The molecule has 5 heteroatoms. The van der Waals surface area contributed by atoms with Gasteiger partial charge >= 0.3 is 0 Å². The van der Waals surface area contributed by atoms with Gasteiger partial charge < -0.3 is 0 Å². The fourth-order valence-electron chi connectivity index (χ4n) is 1.03. The Hall–Kier alpha value is -0.230. The van der Waals surface area contributed by atoms with Crippen LogP contribution in [-0.2, 0) is 10.5 Å². The van der Waals surface area contributed by atoms with E-state index in [0.717, 1.165) is 11.5 Å². The Bertz CT molecular complexity index is 391. The summed E-state index contributed by atoms with van der Waals surface area (Å²) in [4.78, 5) is 12.2. The maximum absolute atomic E-state index is 10.8. The Balaban J connectivity index is 0.000000269. The molecule has 0 amide bonds. The summed E-state index contributed by atoms with van der Waals surface area (Å²) in [7, 11) is 0. The molecule has 0 aliphatic heterocycles. The van der Waals surface area contributed by atoms with Gasteiger partial charge in [0.05, 0.1) is 0 Å². The molecule has 1 atom stereocenters. The van der Waals surface area contributed by atoms with Gasteiger partial charge in [-0.3, -0.25) is 4.79 Å². The summed E-state index contributed by atoms with van der Waals surface area (Å²) >= 11 is 9.05. The third-order valence-corrected chi connectivity index (χ3v) is 5.42. The lowest BCUT2D eigenvalue weighted by atomic mass is 10.2. The molecule has 0 bridgehead atoms. The summed E-state index contributed by atoms with van der Waals surface area (Å²) in [5, 5.41) is 6.14. The van der Waals surface area contributed by atoms with Crippen molar-refractivity contribution in [3.63, 3.8) is 0 Å². The Morgan fingerprint density at radius 3 is 2.50 bits per heavy atom. The number of hydrogen-bond donors (Lipinski definition) is 1.